The van der Waals surface area contributed by atoms with Crippen LogP contribution in [0.1, 0.15) is 45.3 Å². The number of amides is 2. The van der Waals surface area contributed by atoms with Gasteiger partial charge >= 0.3 is 0 Å². The molecule has 6 rings (SSSR count). The molecule has 0 bridgehead atoms. The average Bonchev–Trinajstić information content (AvgIpc) is 3.70. The molecule has 184 valence electrons. The predicted octanol–water partition coefficient (Wildman–Crippen LogP) is 5.28. The minimum Gasteiger partial charge on any atom is -0.368 e. The number of benzene rings is 3. The molecule has 3 aromatic rings. The van der Waals surface area contributed by atoms with Gasteiger partial charge in [0.15, 0.2) is 0 Å². The van der Waals surface area contributed by atoms with Gasteiger partial charge in [0.05, 0.1) is 0 Å². The maximum atomic E-state index is 13.2. The number of hydrogen-bond acceptors (Lipinski definition) is 4. The Labute approximate surface area is 216 Å². The Hall–Kier alpha value is -3.51. The standard InChI is InChI=1S/C29H29ClN4O2/c30-22-4-3-5-24(18-22)32-14-16-33(17-15-32)28(35)21-10-12-23(13-11-21)31-27-25-6-1-2-7-26(25)29(36)34(27)19-20-8-9-20/h1-7,10-13,18,20,27,31H,8-9,14-17,19H2. The number of nitrogens with one attached hydrogen (secondary N) is 1. The summed E-state index contributed by atoms with van der Waals surface area (Å²) in [6.07, 6.45) is 2.20. The van der Waals surface area contributed by atoms with E-state index in [2.05, 4.69) is 16.3 Å². The number of rotatable bonds is 6. The largest absolute Gasteiger partial charge is 0.368 e. The molecule has 1 unspecified atom stereocenters. The van der Waals surface area contributed by atoms with Crippen LogP contribution in [-0.2, 0) is 0 Å². The summed E-state index contributed by atoms with van der Waals surface area (Å²) in [4.78, 5) is 32.3. The summed E-state index contributed by atoms with van der Waals surface area (Å²) in [5, 5.41) is 4.27. The van der Waals surface area contributed by atoms with E-state index >= 15 is 0 Å². The maximum Gasteiger partial charge on any atom is 0.256 e. The average molecular weight is 501 g/mol. The Morgan fingerprint density at radius 1 is 0.917 bits per heavy atom. The van der Waals surface area contributed by atoms with Crippen molar-refractivity contribution in [2.45, 2.75) is 19.0 Å². The van der Waals surface area contributed by atoms with E-state index in [1.165, 1.54) is 12.8 Å². The number of hydrogen-bond donors (Lipinski definition) is 1. The van der Waals surface area contributed by atoms with Gasteiger partial charge in [-0.1, -0.05) is 35.9 Å². The van der Waals surface area contributed by atoms with Crippen molar-refractivity contribution in [3.05, 3.63) is 94.5 Å². The molecule has 1 saturated heterocycles. The first-order chi connectivity index (χ1) is 17.6. The van der Waals surface area contributed by atoms with Crippen LogP contribution >= 0.6 is 11.6 Å². The van der Waals surface area contributed by atoms with Gasteiger partial charge in [0.1, 0.15) is 6.17 Å². The minimum absolute atomic E-state index is 0.0454. The van der Waals surface area contributed by atoms with Gasteiger partial charge in [0, 0.05) is 65.8 Å². The number of fused-ring (bicyclic) bond motifs is 1. The Morgan fingerprint density at radius 2 is 1.67 bits per heavy atom. The lowest BCUT2D eigenvalue weighted by atomic mass is 10.1. The van der Waals surface area contributed by atoms with E-state index in [0.717, 1.165) is 47.2 Å². The predicted molar refractivity (Wildman–Crippen MR) is 143 cm³/mol. The highest BCUT2D eigenvalue weighted by molar-refractivity contribution is 6.30. The topological polar surface area (TPSA) is 55.9 Å². The maximum absolute atomic E-state index is 13.2. The summed E-state index contributed by atoms with van der Waals surface area (Å²) in [5.74, 6) is 0.745. The van der Waals surface area contributed by atoms with Gasteiger partial charge in [-0.05, 0) is 67.3 Å². The zero-order valence-corrected chi connectivity index (χ0v) is 20.8. The van der Waals surface area contributed by atoms with E-state index in [4.69, 9.17) is 11.6 Å². The highest BCUT2D eigenvalue weighted by atomic mass is 35.5. The summed E-state index contributed by atoms with van der Waals surface area (Å²) < 4.78 is 0. The third kappa shape index (κ3) is 4.53. The fourth-order valence-electron chi connectivity index (χ4n) is 5.18. The van der Waals surface area contributed by atoms with Crippen LogP contribution in [0.15, 0.2) is 72.8 Å². The minimum atomic E-state index is -0.185. The number of nitrogens with zero attached hydrogens (tertiary/aromatic N) is 3. The molecule has 7 heteroatoms. The van der Waals surface area contributed by atoms with Crippen molar-refractivity contribution in [3.8, 4) is 0 Å². The molecule has 2 heterocycles. The molecule has 36 heavy (non-hydrogen) atoms. The molecule has 3 aliphatic rings. The number of carbonyl (C=O) groups is 2. The van der Waals surface area contributed by atoms with Crippen LogP contribution in [0.5, 0.6) is 0 Å². The lowest BCUT2D eigenvalue weighted by Crippen LogP contribution is -2.48. The summed E-state index contributed by atoms with van der Waals surface area (Å²) in [6.45, 7) is 3.67. The van der Waals surface area contributed by atoms with Crippen LogP contribution < -0.4 is 10.2 Å². The smallest absolute Gasteiger partial charge is 0.256 e. The first-order valence-electron chi connectivity index (χ1n) is 12.6. The Kier molecular flexibility index (Phi) is 6.05. The van der Waals surface area contributed by atoms with Gasteiger partial charge in [0.25, 0.3) is 11.8 Å². The molecule has 2 aliphatic heterocycles. The normalized spacial score (nSPS) is 19.4. The Bertz CT molecular complexity index is 1280. The number of piperazine rings is 1. The quantitative estimate of drug-likeness (QED) is 0.500. The Morgan fingerprint density at radius 3 is 2.39 bits per heavy atom. The second-order valence-corrected chi connectivity index (χ2v) is 10.3. The molecule has 3 aromatic carbocycles. The first-order valence-corrected chi connectivity index (χ1v) is 13.0. The fraction of sp³-hybridized carbons (Fsp3) is 0.310. The third-order valence-electron chi connectivity index (χ3n) is 7.39. The molecule has 6 nitrogen and oxygen atoms in total. The van der Waals surface area contributed by atoms with Crippen molar-refractivity contribution in [3.63, 3.8) is 0 Å². The van der Waals surface area contributed by atoms with E-state index in [9.17, 15) is 9.59 Å². The summed E-state index contributed by atoms with van der Waals surface area (Å²) in [7, 11) is 0. The van der Waals surface area contributed by atoms with E-state index in [1.807, 2.05) is 76.5 Å². The molecular weight excluding hydrogens is 472 g/mol. The summed E-state index contributed by atoms with van der Waals surface area (Å²) in [6, 6.07) is 23.3. The zero-order chi connectivity index (χ0) is 24.6. The second-order valence-electron chi connectivity index (χ2n) is 9.87. The van der Waals surface area contributed by atoms with Crippen LogP contribution in [0.3, 0.4) is 0 Å². The van der Waals surface area contributed by atoms with Crippen molar-refractivity contribution in [1.82, 2.24) is 9.80 Å². The summed E-state index contributed by atoms with van der Waals surface area (Å²) >= 11 is 6.14. The number of carbonyl (C=O) groups excluding carboxylic acids is 2. The van der Waals surface area contributed by atoms with Crippen LogP contribution in [0.2, 0.25) is 5.02 Å². The lowest BCUT2D eigenvalue weighted by molar-refractivity contribution is 0.0731. The molecule has 0 aromatic heterocycles. The van der Waals surface area contributed by atoms with Gasteiger partial charge in [0.2, 0.25) is 0 Å². The highest BCUT2D eigenvalue weighted by Gasteiger charge is 2.39. The highest BCUT2D eigenvalue weighted by Crippen LogP contribution is 2.39. The molecule has 0 spiro atoms. The number of halogens is 1. The van der Waals surface area contributed by atoms with Crippen molar-refractivity contribution in [2.24, 2.45) is 5.92 Å². The molecular formula is C29H29ClN4O2. The fourth-order valence-corrected chi connectivity index (χ4v) is 5.37. The van der Waals surface area contributed by atoms with E-state index in [0.29, 0.717) is 24.6 Å². The molecule has 1 N–H and O–H groups in total. The van der Waals surface area contributed by atoms with Gasteiger partial charge in [-0.25, -0.2) is 0 Å². The molecule has 2 fully saturated rings. The molecule has 1 saturated carbocycles. The van der Waals surface area contributed by atoms with Crippen molar-refractivity contribution < 1.29 is 9.59 Å². The third-order valence-corrected chi connectivity index (χ3v) is 7.62. The van der Waals surface area contributed by atoms with Crippen LogP contribution in [0, 0.1) is 5.92 Å². The SMILES string of the molecule is O=C(c1ccc(NC2c3ccccc3C(=O)N2CC2CC2)cc1)N1CCN(c2cccc(Cl)c2)CC1. The lowest BCUT2D eigenvalue weighted by Gasteiger charge is -2.36. The molecule has 0 radical (unpaired) electrons. The monoisotopic (exact) mass is 500 g/mol. The van der Waals surface area contributed by atoms with Crippen molar-refractivity contribution >= 4 is 34.8 Å². The first kappa shape index (κ1) is 22.9. The molecule has 1 aliphatic carbocycles. The second kappa shape index (κ2) is 9.51. The van der Waals surface area contributed by atoms with E-state index in [1.54, 1.807) is 0 Å². The Balaban J connectivity index is 1.11. The number of anilines is 2. The van der Waals surface area contributed by atoms with Crippen LogP contribution in [0.25, 0.3) is 0 Å². The van der Waals surface area contributed by atoms with Crippen LogP contribution in [-0.4, -0.2) is 54.3 Å². The molecule has 2 amide bonds. The zero-order valence-electron chi connectivity index (χ0n) is 20.1. The van der Waals surface area contributed by atoms with E-state index < -0.39 is 0 Å². The summed E-state index contributed by atoms with van der Waals surface area (Å²) in [5.41, 5.74) is 4.45. The van der Waals surface area contributed by atoms with Crippen LogP contribution in [0.4, 0.5) is 11.4 Å². The van der Waals surface area contributed by atoms with Gasteiger partial charge < -0.3 is 20.0 Å². The molecule has 1 atom stereocenters. The van der Waals surface area contributed by atoms with Gasteiger partial charge in [-0.15, -0.1) is 0 Å². The van der Waals surface area contributed by atoms with E-state index in [-0.39, 0.29) is 18.0 Å². The van der Waals surface area contributed by atoms with Gasteiger partial charge in [-0.3, -0.25) is 9.59 Å². The van der Waals surface area contributed by atoms with Crippen molar-refractivity contribution in [2.75, 3.05) is 42.9 Å². The van der Waals surface area contributed by atoms with Gasteiger partial charge in [-0.2, -0.15) is 0 Å². The van der Waals surface area contributed by atoms with Crippen molar-refractivity contribution in [1.29, 1.82) is 0 Å².